The van der Waals surface area contributed by atoms with Crippen molar-refractivity contribution in [3.8, 4) is 0 Å². The van der Waals surface area contributed by atoms with Gasteiger partial charge in [-0.3, -0.25) is 0 Å². The van der Waals surface area contributed by atoms with Crippen molar-refractivity contribution < 1.29 is 8.42 Å². The molecule has 3 nitrogen and oxygen atoms in total. The third-order valence-corrected chi connectivity index (χ3v) is 5.47. The van der Waals surface area contributed by atoms with Crippen LogP contribution in [0.1, 0.15) is 33.6 Å². The molecule has 1 rings (SSSR count). The third-order valence-electron chi connectivity index (χ3n) is 2.78. The maximum atomic E-state index is 12.0. The predicted octanol–water partition coefficient (Wildman–Crippen LogP) is 2.31. The van der Waals surface area contributed by atoms with Crippen molar-refractivity contribution in [3.05, 3.63) is 0 Å². The molecule has 1 aliphatic rings. The van der Waals surface area contributed by atoms with E-state index in [0.29, 0.717) is 12.5 Å². The number of nitrogens with zero attached hydrogens (tertiary/aromatic N) is 1. The van der Waals surface area contributed by atoms with Crippen molar-refractivity contribution in [1.82, 2.24) is 4.31 Å². The summed E-state index contributed by atoms with van der Waals surface area (Å²) in [6.45, 7) is 6.44. The van der Waals surface area contributed by atoms with Gasteiger partial charge in [-0.2, -0.15) is 0 Å². The topological polar surface area (TPSA) is 37.4 Å². The van der Waals surface area contributed by atoms with Crippen LogP contribution in [0.15, 0.2) is 0 Å². The minimum absolute atomic E-state index is 0.193. The van der Waals surface area contributed by atoms with E-state index in [1.54, 1.807) is 7.05 Å². The summed E-state index contributed by atoms with van der Waals surface area (Å²) in [5.74, 6) is 0.648. The van der Waals surface area contributed by atoms with Gasteiger partial charge in [0.2, 0.25) is 10.0 Å². The van der Waals surface area contributed by atoms with Gasteiger partial charge < -0.3 is 0 Å². The fraction of sp³-hybridized carbons (Fsp3) is 1.00. The Hall–Kier alpha value is 0.200. The maximum Gasteiger partial charge on any atom is 0.214 e. The van der Waals surface area contributed by atoms with Crippen LogP contribution >= 0.6 is 11.6 Å². The number of hydrogen-bond donors (Lipinski definition) is 0. The summed E-state index contributed by atoms with van der Waals surface area (Å²) in [5.41, 5.74) is -0.193. The Morgan fingerprint density at radius 3 is 2.19 bits per heavy atom. The quantitative estimate of drug-likeness (QED) is 0.733. The normalized spacial score (nSPS) is 26.9. The standard InChI is InChI=1S/C11H22ClNO2S/c1-11(2,3)8-16(14,15)13(4)7-9-5-10(12)6-9/h9-10H,5-8H2,1-4H3. The molecule has 0 aliphatic heterocycles. The van der Waals surface area contributed by atoms with Gasteiger partial charge in [0, 0.05) is 19.0 Å². The Labute approximate surface area is 104 Å². The van der Waals surface area contributed by atoms with Gasteiger partial charge in [0.1, 0.15) is 0 Å². The highest BCUT2D eigenvalue weighted by atomic mass is 35.5. The Kier molecular flexibility index (Phi) is 4.30. The molecule has 1 aliphatic carbocycles. The lowest BCUT2D eigenvalue weighted by Gasteiger charge is -2.34. The second-order valence-electron chi connectivity index (χ2n) is 6.03. The molecule has 16 heavy (non-hydrogen) atoms. The zero-order valence-electron chi connectivity index (χ0n) is 10.5. The van der Waals surface area contributed by atoms with E-state index in [-0.39, 0.29) is 16.5 Å². The average molecular weight is 268 g/mol. The first-order valence-corrected chi connectivity index (χ1v) is 7.73. The van der Waals surface area contributed by atoms with Gasteiger partial charge in [-0.25, -0.2) is 12.7 Å². The van der Waals surface area contributed by atoms with Crippen molar-refractivity contribution in [2.45, 2.75) is 39.0 Å². The highest BCUT2D eigenvalue weighted by Gasteiger charge is 2.32. The summed E-state index contributed by atoms with van der Waals surface area (Å²) in [4.78, 5) is 0. The summed E-state index contributed by atoms with van der Waals surface area (Å²) in [5, 5.41) is 0.253. The Bertz CT molecular complexity index is 328. The van der Waals surface area contributed by atoms with Gasteiger partial charge in [-0.15, -0.1) is 11.6 Å². The molecule has 0 atom stereocenters. The van der Waals surface area contributed by atoms with E-state index in [0.717, 1.165) is 12.8 Å². The minimum Gasteiger partial charge on any atom is -0.212 e. The number of halogens is 1. The van der Waals surface area contributed by atoms with E-state index in [4.69, 9.17) is 11.6 Å². The van der Waals surface area contributed by atoms with Crippen molar-refractivity contribution in [1.29, 1.82) is 0 Å². The van der Waals surface area contributed by atoms with Gasteiger partial charge in [-0.05, 0) is 24.2 Å². The molecule has 1 fully saturated rings. The monoisotopic (exact) mass is 267 g/mol. The lowest BCUT2D eigenvalue weighted by atomic mass is 9.85. The Morgan fingerprint density at radius 1 is 1.31 bits per heavy atom. The van der Waals surface area contributed by atoms with E-state index in [9.17, 15) is 8.42 Å². The molecular formula is C11H22ClNO2S. The highest BCUT2D eigenvalue weighted by Crippen LogP contribution is 2.33. The molecule has 0 saturated heterocycles. The number of sulfonamides is 1. The molecule has 0 amide bonds. The van der Waals surface area contributed by atoms with E-state index in [2.05, 4.69) is 0 Å². The SMILES string of the molecule is CN(CC1CC(Cl)C1)S(=O)(=O)CC(C)(C)C. The molecule has 1 saturated carbocycles. The molecule has 0 heterocycles. The molecule has 0 aromatic carbocycles. The van der Waals surface area contributed by atoms with Gasteiger partial charge >= 0.3 is 0 Å². The van der Waals surface area contributed by atoms with Crippen LogP contribution in [0.3, 0.4) is 0 Å². The third kappa shape index (κ3) is 4.22. The van der Waals surface area contributed by atoms with Gasteiger partial charge in [0.25, 0.3) is 0 Å². The van der Waals surface area contributed by atoms with Crippen molar-refractivity contribution in [2.75, 3.05) is 19.3 Å². The van der Waals surface area contributed by atoms with E-state index in [1.165, 1.54) is 4.31 Å². The van der Waals surface area contributed by atoms with E-state index in [1.807, 2.05) is 20.8 Å². The van der Waals surface area contributed by atoms with Crippen molar-refractivity contribution in [2.24, 2.45) is 11.3 Å². The highest BCUT2D eigenvalue weighted by molar-refractivity contribution is 7.89. The summed E-state index contributed by atoms with van der Waals surface area (Å²) in [7, 11) is -1.45. The zero-order valence-corrected chi connectivity index (χ0v) is 12.1. The summed E-state index contributed by atoms with van der Waals surface area (Å²) in [6.07, 6.45) is 1.88. The molecule has 0 aromatic rings. The van der Waals surface area contributed by atoms with Crippen LogP contribution in [-0.4, -0.2) is 37.4 Å². The van der Waals surface area contributed by atoms with Crippen molar-refractivity contribution >= 4 is 21.6 Å². The Balaban J connectivity index is 2.49. The lowest BCUT2D eigenvalue weighted by molar-refractivity contribution is 0.266. The second kappa shape index (κ2) is 4.83. The van der Waals surface area contributed by atoms with Gasteiger partial charge in [-0.1, -0.05) is 20.8 Å². The number of alkyl halides is 1. The number of rotatable bonds is 4. The van der Waals surface area contributed by atoms with Crippen LogP contribution in [-0.2, 0) is 10.0 Å². The van der Waals surface area contributed by atoms with Crippen LogP contribution in [0.25, 0.3) is 0 Å². The summed E-state index contributed by atoms with van der Waals surface area (Å²) < 4.78 is 25.5. The van der Waals surface area contributed by atoms with Crippen LogP contribution in [0.4, 0.5) is 0 Å². The van der Waals surface area contributed by atoms with Crippen LogP contribution < -0.4 is 0 Å². The molecule has 0 aromatic heterocycles. The Morgan fingerprint density at radius 2 is 1.81 bits per heavy atom. The molecule has 0 bridgehead atoms. The fourth-order valence-corrected chi connectivity index (χ4v) is 4.19. The summed E-state index contributed by atoms with van der Waals surface area (Å²) in [6, 6.07) is 0. The maximum absolute atomic E-state index is 12.0. The molecule has 96 valence electrons. The van der Waals surface area contributed by atoms with Gasteiger partial charge in [0.15, 0.2) is 0 Å². The van der Waals surface area contributed by atoms with Crippen molar-refractivity contribution in [3.63, 3.8) is 0 Å². The van der Waals surface area contributed by atoms with Crippen LogP contribution in [0, 0.1) is 11.3 Å². The molecule has 0 N–H and O–H groups in total. The van der Waals surface area contributed by atoms with Crippen LogP contribution in [0.5, 0.6) is 0 Å². The fourth-order valence-electron chi connectivity index (χ4n) is 1.94. The van der Waals surface area contributed by atoms with E-state index >= 15 is 0 Å². The largest absolute Gasteiger partial charge is 0.214 e. The lowest BCUT2D eigenvalue weighted by Crippen LogP contribution is -2.40. The minimum atomic E-state index is -3.12. The molecule has 0 radical (unpaired) electrons. The van der Waals surface area contributed by atoms with Crippen LogP contribution in [0.2, 0.25) is 0 Å². The first kappa shape index (κ1) is 14.3. The first-order valence-electron chi connectivity index (χ1n) is 5.68. The smallest absolute Gasteiger partial charge is 0.212 e. The van der Waals surface area contributed by atoms with E-state index < -0.39 is 10.0 Å². The zero-order chi connectivity index (χ0) is 12.6. The van der Waals surface area contributed by atoms with Gasteiger partial charge in [0.05, 0.1) is 5.75 Å². The first-order chi connectivity index (χ1) is 7.10. The summed E-state index contributed by atoms with van der Waals surface area (Å²) >= 11 is 5.88. The number of hydrogen-bond acceptors (Lipinski definition) is 2. The molecule has 0 spiro atoms. The molecule has 0 unspecified atom stereocenters. The average Bonchev–Trinajstić information content (AvgIpc) is 1.96. The molecule has 5 heteroatoms. The second-order valence-corrected chi connectivity index (χ2v) is 8.73. The molecular weight excluding hydrogens is 246 g/mol. The predicted molar refractivity (Wildman–Crippen MR) is 68.2 cm³/mol.